The Bertz CT molecular complexity index is 980. The van der Waals surface area contributed by atoms with E-state index < -0.39 is 16.9 Å². The lowest BCUT2D eigenvalue weighted by molar-refractivity contribution is -0.142. The molecule has 1 aliphatic heterocycles. The zero-order chi connectivity index (χ0) is 23.1. The number of aromatic nitrogens is 2. The molecular weight excluding hydrogens is 456 g/mol. The number of halogens is 5. The van der Waals surface area contributed by atoms with E-state index in [9.17, 15) is 18.0 Å². The van der Waals surface area contributed by atoms with Crippen molar-refractivity contribution >= 4 is 34.8 Å². The van der Waals surface area contributed by atoms with Crippen LogP contribution in [-0.2, 0) is 17.5 Å². The molecule has 1 aliphatic rings. The van der Waals surface area contributed by atoms with Gasteiger partial charge in [-0.3, -0.25) is 9.48 Å². The van der Waals surface area contributed by atoms with E-state index in [0.29, 0.717) is 23.9 Å². The van der Waals surface area contributed by atoms with Gasteiger partial charge in [-0.05, 0) is 32.9 Å². The molecule has 0 N–H and O–H groups in total. The summed E-state index contributed by atoms with van der Waals surface area (Å²) in [6, 6.07) is 5.29. The number of rotatable bonds is 4. The summed E-state index contributed by atoms with van der Waals surface area (Å²) in [7, 11) is 1.54. The molecule has 31 heavy (non-hydrogen) atoms. The molecule has 6 nitrogen and oxygen atoms in total. The Hall–Kier alpha value is -2.13. The minimum absolute atomic E-state index is 0.0286. The average molecular weight is 479 g/mol. The van der Waals surface area contributed by atoms with E-state index in [1.165, 1.54) is 6.92 Å². The van der Waals surface area contributed by atoms with Crippen molar-refractivity contribution in [2.75, 3.05) is 25.1 Å². The molecule has 0 saturated carbocycles. The van der Waals surface area contributed by atoms with E-state index in [0.717, 1.165) is 10.4 Å². The van der Waals surface area contributed by atoms with Crippen molar-refractivity contribution in [1.82, 2.24) is 14.7 Å². The van der Waals surface area contributed by atoms with Crippen molar-refractivity contribution < 1.29 is 22.7 Å². The molecule has 1 amide bonds. The summed E-state index contributed by atoms with van der Waals surface area (Å²) in [4.78, 5) is 16.7. The number of nitrogens with zero attached hydrogens (tertiary/aromatic N) is 4. The number of carbonyl (C=O) groups is 1. The number of hydrogen-bond donors (Lipinski definition) is 0. The van der Waals surface area contributed by atoms with Gasteiger partial charge in [0, 0.05) is 36.9 Å². The molecule has 0 bridgehead atoms. The molecule has 0 spiro atoms. The fourth-order valence-corrected chi connectivity index (χ4v) is 4.18. The van der Waals surface area contributed by atoms with Crippen LogP contribution in [0.3, 0.4) is 0 Å². The first-order valence-corrected chi connectivity index (χ1v) is 10.4. The van der Waals surface area contributed by atoms with Gasteiger partial charge < -0.3 is 14.5 Å². The maximum atomic E-state index is 13.1. The Kier molecular flexibility index (Phi) is 6.67. The van der Waals surface area contributed by atoms with Crippen LogP contribution in [0.1, 0.15) is 25.2 Å². The summed E-state index contributed by atoms with van der Waals surface area (Å²) < 4.78 is 45.5. The van der Waals surface area contributed by atoms with E-state index in [2.05, 4.69) is 10.00 Å². The first kappa shape index (κ1) is 23.5. The van der Waals surface area contributed by atoms with Crippen molar-refractivity contribution in [3.8, 4) is 5.75 Å². The number of hydrogen-bond acceptors (Lipinski definition) is 4. The number of alkyl halides is 3. The first-order valence-electron chi connectivity index (χ1n) is 9.63. The fourth-order valence-electron chi connectivity index (χ4n) is 3.74. The van der Waals surface area contributed by atoms with Gasteiger partial charge >= 0.3 is 6.18 Å². The van der Waals surface area contributed by atoms with Crippen molar-refractivity contribution in [3.63, 3.8) is 0 Å². The van der Waals surface area contributed by atoms with Gasteiger partial charge in [0.15, 0.2) is 5.69 Å². The summed E-state index contributed by atoms with van der Waals surface area (Å²) in [6.07, 6.45) is -4.68. The van der Waals surface area contributed by atoms with Crippen LogP contribution in [0.5, 0.6) is 5.75 Å². The Balaban J connectivity index is 1.75. The van der Waals surface area contributed by atoms with Gasteiger partial charge in [0.1, 0.15) is 12.3 Å². The quantitative estimate of drug-likeness (QED) is 0.641. The molecule has 1 saturated heterocycles. The van der Waals surface area contributed by atoms with E-state index in [-0.39, 0.29) is 30.2 Å². The lowest BCUT2D eigenvalue weighted by Gasteiger charge is -2.45. The van der Waals surface area contributed by atoms with Crippen molar-refractivity contribution in [2.45, 2.75) is 45.6 Å². The Morgan fingerprint density at radius 2 is 1.90 bits per heavy atom. The molecule has 170 valence electrons. The van der Waals surface area contributed by atoms with E-state index in [1.807, 2.05) is 26.0 Å². The van der Waals surface area contributed by atoms with E-state index in [4.69, 9.17) is 27.9 Å². The maximum Gasteiger partial charge on any atom is 0.436 e. The summed E-state index contributed by atoms with van der Waals surface area (Å²) in [5, 5.41) is 3.55. The lowest BCUT2D eigenvalue weighted by Crippen LogP contribution is -2.58. The first-order chi connectivity index (χ1) is 14.4. The molecule has 3 rings (SSSR count). The maximum absolute atomic E-state index is 13.1. The van der Waals surface area contributed by atoms with Gasteiger partial charge in [-0.25, -0.2) is 0 Å². The monoisotopic (exact) mass is 478 g/mol. The molecule has 0 radical (unpaired) electrons. The van der Waals surface area contributed by atoms with Gasteiger partial charge in [0.05, 0.1) is 22.8 Å². The normalized spacial score (nSPS) is 19.6. The molecule has 1 fully saturated rings. The number of anilines is 1. The highest BCUT2D eigenvalue weighted by atomic mass is 35.5. The van der Waals surface area contributed by atoms with Crippen LogP contribution in [0, 0.1) is 6.92 Å². The largest absolute Gasteiger partial charge is 0.495 e. The number of carbonyl (C=O) groups excluding carboxylic acids is 1. The smallest absolute Gasteiger partial charge is 0.436 e. The summed E-state index contributed by atoms with van der Waals surface area (Å²) >= 11 is 11.9. The van der Waals surface area contributed by atoms with Crippen molar-refractivity contribution in [2.24, 2.45) is 0 Å². The predicted molar refractivity (Wildman–Crippen MR) is 113 cm³/mol. The van der Waals surface area contributed by atoms with Crippen LogP contribution in [0.25, 0.3) is 0 Å². The molecule has 2 heterocycles. The number of benzene rings is 1. The third-order valence-corrected chi connectivity index (χ3v) is 6.22. The van der Waals surface area contributed by atoms with Crippen LogP contribution in [-0.4, -0.2) is 52.9 Å². The van der Waals surface area contributed by atoms with E-state index >= 15 is 0 Å². The molecule has 1 aromatic heterocycles. The highest BCUT2D eigenvalue weighted by Crippen LogP contribution is 2.35. The minimum Gasteiger partial charge on any atom is -0.495 e. The summed E-state index contributed by atoms with van der Waals surface area (Å²) in [6.45, 7) is 5.93. The molecule has 11 heteroatoms. The minimum atomic E-state index is -4.68. The highest BCUT2D eigenvalue weighted by Gasteiger charge is 2.39. The predicted octanol–water partition coefficient (Wildman–Crippen LogP) is 4.65. The van der Waals surface area contributed by atoms with Crippen molar-refractivity contribution in [3.05, 3.63) is 39.6 Å². The Morgan fingerprint density at radius 3 is 2.48 bits per heavy atom. The van der Waals surface area contributed by atoms with Gasteiger partial charge in [0.25, 0.3) is 0 Å². The Morgan fingerprint density at radius 1 is 1.23 bits per heavy atom. The van der Waals surface area contributed by atoms with Crippen LogP contribution < -0.4 is 9.64 Å². The molecule has 1 aromatic carbocycles. The van der Waals surface area contributed by atoms with Crippen molar-refractivity contribution in [1.29, 1.82) is 0 Å². The average Bonchev–Trinajstić information content (AvgIpc) is 2.98. The van der Waals surface area contributed by atoms with Crippen LogP contribution >= 0.6 is 23.2 Å². The standard InChI is InChI=1S/C20H23Cl2F3N4O2/c1-11-9-28(12(2)8-27(11)14-5-6-15(21)16(7-14)31-4)17(30)10-29-13(3)18(22)19(26-29)20(23,24)25/h5-7,11-12H,8-10H2,1-4H3. The SMILES string of the molecule is COc1cc(N2CC(C)N(C(=O)Cn3nc(C(F)(F)F)c(Cl)c3C)CC2C)ccc1Cl. The summed E-state index contributed by atoms with van der Waals surface area (Å²) in [5.74, 6) is 0.243. The van der Waals surface area contributed by atoms with Crippen LogP contribution in [0.4, 0.5) is 18.9 Å². The van der Waals surface area contributed by atoms with Gasteiger partial charge in [-0.1, -0.05) is 23.2 Å². The topological polar surface area (TPSA) is 50.6 Å². The highest BCUT2D eigenvalue weighted by molar-refractivity contribution is 6.32. The number of amides is 1. The number of methoxy groups -OCH3 is 1. The zero-order valence-electron chi connectivity index (χ0n) is 17.5. The second-order valence-electron chi connectivity index (χ2n) is 7.62. The van der Waals surface area contributed by atoms with Gasteiger partial charge in [-0.2, -0.15) is 18.3 Å². The van der Waals surface area contributed by atoms with Gasteiger partial charge in [-0.15, -0.1) is 0 Å². The summed E-state index contributed by atoms with van der Waals surface area (Å²) in [5.41, 5.74) is -0.158. The number of ether oxygens (including phenoxy) is 1. The lowest BCUT2D eigenvalue weighted by atomic mass is 10.1. The third-order valence-electron chi connectivity index (χ3n) is 5.46. The molecular formula is C20H23Cl2F3N4O2. The third kappa shape index (κ3) is 4.72. The Labute approximate surface area is 188 Å². The fraction of sp³-hybridized carbons (Fsp3) is 0.500. The second-order valence-corrected chi connectivity index (χ2v) is 8.40. The van der Waals surface area contributed by atoms with Crippen LogP contribution in [0.15, 0.2) is 18.2 Å². The molecule has 2 aromatic rings. The number of piperazine rings is 1. The van der Waals surface area contributed by atoms with Gasteiger partial charge in [0.2, 0.25) is 5.91 Å². The zero-order valence-corrected chi connectivity index (χ0v) is 19.0. The van der Waals surface area contributed by atoms with Crippen LogP contribution in [0.2, 0.25) is 10.0 Å². The van der Waals surface area contributed by atoms with E-state index in [1.54, 1.807) is 18.1 Å². The molecule has 2 unspecified atom stereocenters. The molecule has 2 atom stereocenters. The second kappa shape index (κ2) is 8.78. The molecule has 0 aliphatic carbocycles.